The fraction of sp³-hybridized carbons (Fsp3) is 0.111. The molecule has 0 aliphatic rings. The van der Waals surface area contributed by atoms with Crippen molar-refractivity contribution in [2.24, 2.45) is 7.05 Å². The maximum atomic E-state index is 12.3. The second-order valence-electron chi connectivity index (χ2n) is 5.12. The van der Waals surface area contributed by atoms with Crippen LogP contribution in [0.1, 0.15) is 10.4 Å². The van der Waals surface area contributed by atoms with Crippen molar-refractivity contribution in [3.05, 3.63) is 71.0 Å². The van der Waals surface area contributed by atoms with Crippen molar-refractivity contribution in [2.45, 2.75) is 5.16 Å². The minimum Gasteiger partial charge on any atom is -0.329 e. The van der Waals surface area contributed by atoms with Crippen LogP contribution < -0.4 is 0 Å². The number of Topliss-reactive ketones (excluding diaryl/α,β-unsaturated/α-hetero) is 1. The molecule has 0 unspecified atom stereocenters. The lowest BCUT2D eigenvalue weighted by Gasteiger charge is -2.05. The van der Waals surface area contributed by atoms with Gasteiger partial charge in [0.1, 0.15) is 0 Å². The fourth-order valence-electron chi connectivity index (χ4n) is 2.20. The van der Waals surface area contributed by atoms with Gasteiger partial charge in [-0.3, -0.25) is 4.79 Å². The normalized spacial score (nSPS) is 10.7. The summed E-state index contributed by atoms with van der Waals surface area (Å²) < 4.78 is 2.97. The van der Waals surface area contributed by atoms with Crippen molar-refractivity contribution in [1.29, 1.82) is 0 Å². The van der Waals surface area contributed by atoms with Crippen LogP contribution in [0.25, 0.3) is 11.1 Å². The molecule has 1 heterocycles. The van der Waals surface area contributed by atoms with E-state index in [-0.39, 0.29) is 5.78 Å². The predicted octanol–water partition coefficient (Wildman–Crippen LogP) is 4.82. The molecule has 0 amide bonds. The van der Waals surface area contributed by atoms with Gasteiger partial charge in [-0.05, 0) is 23.3 Å². The monoisotopic (exact) mass is 386 g/mol. The summed E-state index contributed by atoms with van der Waals surface area (Å²) >= 11 is 4.89. The van der Waals surface area contributed by atoms with E-state index in [2.05, 4.69) is 33.0 Å². The van der Waals surface area contributed by atoms with E-state index in [1.165, 1.54) is 11.8 Å². The predicted molar refractivity (Wildman–Crippen MR) is 97.8 cm³/mol. The van der Waals surface area contributed by atoms with Crippen LogP contribution in [-0.4, -0.2) is 21.1 Å². The number of ketones is 1. The highest BCUT2D eigenvalue weighted by Crippen LogP contribution is 2.23. The molecule has 5 heteroatoms. The van der Waals surface area contributed by atoms with Crippen molar-refractivity contribution in [3.8, 4) is 11.1 Å². The SMILES string of the molecule is Cn1ccnc1SCC(=O)c1ccc(-c2ccc(Br)cc2)cc1. The maximum absolute atomic E-state index is 12.3. The molecule has 0 aliphatic heterocycles. The summed E-state index contributed by atoms with van der Waals surface area (Å²) in [6.07, 6.45) is 3.61. The van der Waals surface area contributed by atoms with Gasteiger partial charge in [0.05, 0.1) is 5.75 Å². The van der Waals surface area contributed by atoms with Crippen LogP contribution in [-0.2, 0) is 7.05 Å². The topological polar surface area (TPSA) is 34.9 Å². The van der Waals surface area contributed by atoms with Gasteiger partial charge in [0.25, 0.3) is 0 Å². The first-order valence-corrected chi connectivity index (χ1v) is 8.90. The van der Waals surface area contributed by atoms with Gasteiger partial charge in [-0.25, -0.2) is 4.98 Å². The fourth-order valence-corrected chi connectivity index (χ4v) is 3.29. The van der Waals surface area contributed by atoms with Gasteiger partial charge in [-0.15, -0.1) is 0 Å². The second-order valence-corrected chi connectivity index (χ2v) is 6.97. The molecule has 2 aromatic carbocycles. The Kier molecular flexibility index (Phi) is 4.98. The lowest BCUT2D eigenvalue weighted by atomic mass is 10.0. The largest absolute Gasteiger partial charge is 0.329 e. The van der Waals surface area contributed by atoms with Gasteiger partial charge >= 0.3 is 0 Å². The number of nitrogens with zero attached hydrogens (tertiary/aromatic N) is 2. The molecule has 0 radical (unpaired) electrons. The number of carbonyl (C=O) groups excluding carboxylic acids is 1. The molecule has 3 nitrogen and oxygen atoms in total. The Balaban J connectivity index is 1.68. The third-order valence-electron chi connectivity index (χ3n) is 3.49. The van der Waals surface area contributed by atoms with Crippen LogP contribution >= 0.6 is 27.7 Å². The number of imidazole rings is 1. The first-order valence-electron chi connectivity index (χ1n) is 7.13. The molecular weight excluding hydrogens is 372 g/mol. The Bertz CT molecular complexity index is 810. The zero-order valence-electron chi connectivity index (χ0n) is 12.6. The number of halogens is 1. The van der Waals surface area contributed by atoms with Gasteiger partial charge in [0.15, 0.2) is 10.9 Å². The van der Waals surface area contributed by atoms with E-state index in [4.69, 9.17) is 0 Å². The summed E-state index contributed by atoms with van der Waals surface area (Å²) in [6.45, 7) is 0. The van der Waals surface area contributed by atoms with Crippen LogP contribution in [0.15, 0.2) is 70.6 Å². The first kappa shape index (κ1) is 16.0. The van der Waals surface area contributed by atoms with Gasteiger partial charge in [0.2, 0.25) is 0 Å². The number of aromatic nitrogens is 2. The Morgan fingerprint density at radius 2 is 1.70 bits per heavy atom. The zero-order chi connectivity index (χ0) is 16.2. The van der Waals surface area contributed by atoms with Gasteiger partial charge in [-0.1, -0.05) is 64.1 Å². The number of rotatable bonds is 5. The molecule has 0 atom stereocenters. The van der Waals surface area contributed by atoms with E-state index in [1.807, 2.05) is 54.2 Å². The van der Waals surface area contributed by atoms with Gasteiger partial charge in [0, 0.05) is 29.5 Å². The maximum Gasteiger partial charge on any atom is 0.173 e. The van der Waals surface area contributed by atoms with Crippen LogP contribution in [0.2, 0.25) is 0 Å². The minimum absolute atomic E-state index is 0.111. The summed E-state index contributed by atoms with van der Waals surface area (Å²) in [5, 5.41) is 0.852. The van der Waals surface area contributed by atoms with E-state index >= 15 is 0 Å². The molecule has 0 saturated heterocycles. The van der Waals surface area contributed by atoms with E-state index in [0.29, 0.717) is 5.75 Å². The quantitative estimate of drug-likeness (QED) is 0.465. The lowest BCUT2D eigenvalue weighted by Crippen LogP contribution is -2.03. The summed E-state index contributed by atoms with van der Waals surface area (Å²) in [5.74, 6) is 0.503. The van der Waals surface area contributed by atoms with Crippen molar-refractivity contribution >= 4 is 33.5 Å². The van der Waals surface area contributed by atoms with Crippen molar-refractivity contribution in [2.75, 3.05) is 5.75 Å². The van der Waals surface area contributed by atoms with Crippen molar-refractivity contribution < 1.29 is 4.79 Å². The van der Waals surface area contributed by atoms with Crippen LogP contribution in [0.5, 0.6) is 0 Å². The number of hydrogen-bond donors (Lipinski definition) is 0. The Hall–Kier alpha value is -1.85. The molecule has 3 rings (SSSR count). The molecule has 0 saturated carbocycles. The number of aryl methyl sites for hydroxylation is 1. The molecule has 0 aliphatic carbocycles. The molecule has 0 fully saturated rings. The summed E-state index contributed by atoms with van der Waals surface area (Å²) in [4.78, 5) is 16.5. The Morgan fingerprint density at radius 3 is 2.26 bits per heavy atom. The average Bonchev–Trinajstić information content (AvgIpc) is 2.99. The summed E-state index contributed by atoms with van der Waals surface area (Å²) in [6, 6.07) is 15.9. The third-order valence-corrected chi connectivity index (χ3v) is 5.08. The van der Waals surface area contributed by atoms with Crippen molar-refractivity contribution in [1.82, 2.24) is 9.55 Å². The first-order chi connectivity index (χ1) is 11.1. The summed E-state index contributed by atoms with van der Waals surface area (Å²) in [7, 11) is 1.92. The molecule has 116 valence electrons. The van der Waals surface area contributed by atoms with Crippen molar-refractivity contribution in [3.63, 3.8) is 0 Å². The van der Waals surface area contributed by atoms with Crippen LogP contribution in [0.3, 0.4) is 0 Å². The molecule has 3 aromatic rings. The van der Waals surface area contributed by atoms with E-state index in [0.717, 1.165) is 26.3 Å². The molecular formula is C18H15BrN2OS. The van der Waals surface area contributed by atoms with E-state index in [9.17, 15) is 4.79 Å². The van der Waals surface area contributed by atoms with Crippen LogP contribution in [0.4, 0.5) is 0 Å². The Morgan fingerprint density at radius 1 is 1.09 bits per heavy atom. The Labute approximate surface area is 147 Å². The number of hydrogen-bond acceptors (Lipinski definition) is 3. The average molecular weight is 387 g/mol. The number of benzene rings is 2. The zero-order valence-corrected chi connectivity index (χ0v) is 15.0. The van der Waals surface area contributed by atoms with Gasteiger partial charge < -0.3 is 4.57 Å². The number of carbonyl (C=O) groups is 1. The molecule has 0 N–H and O–H groups in total. The van der Waals surface area contributed by atoms with Crippen LogP contribution in [0, 0.1) is 0 Å². The highest BCUT2D eigenvalue weighted by Gasteiger charge is 2.09. The lowest BCUT2D eigenvalue weighted by molar-refractivity contribution is 0.102. The second kappa shape index (κ2) is 7.15. The number of thioether (sulfide) groups is 1. The van der Waals surface area contributed by atoms with Gasteiger partial charge in [-0.2, -0.15) is 0 Å². The standard InChI is InChI=1S/C18H15BrN2OS/c1-21-11-10-20-18(21)23-12-17(22)15-4-2-13(3-5-15)14-6-8-16(19)9-7-14/h2-11H,12H2,1H3. The molecule has 1 aromatic heterocycles. The molecule has 0 spiro atoms. The van der Waals surface area contributed by atoms with E-state index in [1.54, 1.807) is 6.20 Å². The third kappa shape index (κ3) is 3.92. The molecule has 0 bridgehead atoms. The summed E-state index contributed by atoms with van der Waals surface area (Å²) in [5.41, 5.74) is 2.97. The smallest absolute Gasteiger partial charge is 0.173 e. The van der Waals surface area contributed by atoms with E-state index < -0.39 is 0 Å². The highest BCUT2D eigenvalue weighted by molar-refractivity contribution is 9.10. The highest BCUT2D eigenvalue weighted by atomic mass is 79.9. The molecule has 23 heavy (non-hydrogen) atoms. The minimum atomic E-state index is 0.111.